The second kappa shape index (κ2) is 7.95. The summed E-state index contributed by atoms with van der Waals surface area (Å²) in [5, 5.41) is 49.0. The van der Waals surface area contributed by atoms with Gasteiger partial charge in [-0.25, -0.2) is 0 Å². The van der Waals surface area contributed by atoms with E-state index in [1.165, 1.54) is 5.57 Å². The highest BCUT2D eigenvalue weighted by molar-refractivity contribution is 5.54. The molecule has 5 N–H and O–H groups in total. The number of allylic oxidation sites excluding steroid dienone is 1. The summed E-state index contributed by atoms with van der Waals surface area (Å²) >= 11 is 0. The fourth-order valence-corrected chi connectivity index (χ4v) is 3.56. The molecule has 5 atom stereocenters. The predicted octanol–water partition coefficient (Wildman–Crippen LogP) is 0.520. The molecule has 6 nitrogen and oxygen atoms in total. The normalized spacial score (nSPS) is 36.3. The summed E-state index contributed by atoms with van der Waals surface area (Å²) in [6.07, 6.45) is -0.573. The lowest BCUT2D eigenvalue weighted by Crippen LogP contribution is -2.55. The average Bonchev–Trinajstić information content (AvgIpc) is 2.62. The van der Waals surface area contributed by atoms with Crippen LogP contribution in [-0.4, -0.2) is 62.7 Å². The fraction of sp³-hybridized carbons (Fsp3) is 0.579. The van der Waals surface area contributed by atoms with E-state index in [1.54, 1.807) is 6.07 Å². The first-order chi connectivity index (χ1) is 12.0. The number of rotatable bonds is 3. The number of benzene rings is 1. The number of hydrogen-bond acceptors (Lipinski definition) is 6. The molecular weight excluding hydrogens is 324 g/mol. The number of aliphatic hydroxyl groups excluding tert-OH is 5. The standard InChI is InChI=1S/C19H26O6/c20-10-15-16(22)17(23)18(24)19(25-15)13-3-1-2-12(9-13)8-11-4-6-14(21)7-5-11/h1-3,8-9,14-24H,4-7,10H2/t14?,15-,16-,17+,18-,19+/m1/s1. The van der Waals surface area contributed by atoms with Crippen LogP contribution in [0.15, 0.2) is 29.8 Å². The number of hydrogen-bond donors (Lipinski definition) is 5. The molecule has 0 aromatic heterocycles. The highest BCUT2D eigenvalue weighted by Crippen LogP contribution is 2.33. The van der Waals surface area contributed by atoms with Crippen molar-refractivity contribution >= 4 is 6.08 Å². The Kier molecular flexibility index (Phi) is 5.89. The Morgan fingerprint density at radius 1 is 1.00 bits per heavy atom. The second-order valence-corrected chi connectivity index (χ2v) is 6.95. The molecule has 1 saturated heterocycles. The molecule has 2 fully saturated rings. The molecule has 1 saturated carbocycles. The van der Waals surface area contributed by atoms with Crippen molar-refractivity contribution in [3.05, 3.63) is 41.0 Å². The predicted molar refractivity (Wildman–Crippen MR) is 91.6 cm³/mol. The van der Waals surface area contributed by atoms with Crippen LogP contribution in [-0.2, 0) is 4.74 Å². The molecule has 0 amide bonds. The van der Waals surface area contributed by atoms with Gasteiger partial charge in [0.05, 0.1) is 12.7 Å². The van der Waals surface area contributed by atoms with E-state index in [2.05, 4.69) is 6.08 Å². The zero-order chi connectivity index (χ0) is 18.0. The topological polar surface area (TPSA) is 110 Å². The molecule has 1 aromatic rings. The van der Waals surface area contributed by atoms with E-state index in [0.717, 1.165) is 31.2 Å². The van der Waals surface area contributed by atoms with Crippen LogP contribution >= 0.6 is 0 Å². The molecule has 0 spiro atoms. The molecule has 0 radical (unpaired) electrons. The maximum atomic E-state index is 10.3. The smallest absolute Gasteiger partial charge is 0.113 e. The van der Waals surface area contributed by atoms with Gasteiger partial charge < -0.3 is 30.3 Å². The Balaban J connectivity index is 1.80. The van der Waals surface area contributed by atoms with Gasteiger partial charge in [-0.3, -0.25) is 0 Å². The monoisotopic (exact) mass is 350 g/mol. The van der Waals surface area contributed by atoms with E-state index in [9.17, 15) is 25.5 Å². The molecule has 1 heterocycles. The van der Waals surface area contributed by atoms with Gasteiger partial charge in [-0.05, 0) is 42.9 Å². The van der Waals surface area contributed by atoms with Gasteiger partial charge in [0.15, 0.2) is 0 Å². The molecular formula is C19H26O6. The molecule has 2 aliphatic rings. The van der Waals surface area contributed by atoms with Crippen molar-refractivity contribution in [3.8, 4) is 0 Å². The molecule has 3 rings (SSSR count). The third-order valence-electron chi connectivity index (χ3n) is 5.10. The first-order valence-electron chi connectivity index (χ1n) is 8.77. The van der Waals surface area contributed by atoms with Crippen molar-refractivity contribution in [2.75, 3.05) is 6.61 Å². The van der Waals surface area contributed by atoms with Crippen LogP contribution < -0.4 is 0 Å². The van der Waals surface area contributed by atoms with Gasteiger partial charge in [-0.1, -0.05) is 29.8 Å². The summed E-state index contributed by atoms with van der Waals surface area (Å²) < 4.78 is 5.61. The first kappa shape index (κ1) is 18.5. The van der Waals surface area contributed by atoms with Crippen LogP contribution in [0.2, 0.25) is 0 Å². The Hall–Kier alpha value is -1.28. The third-order valence-corrected chi connectivity index (χ3v) is 5.10. The summed E-state index contributed by atoms with van der Waals surface area (Å²) in [4.78, 5) is 0. The van der Waals surface area contributed by atoms with Crippen LogP contribution in [0, 0.1) is 0 Å². The van der Waals surface area contributed by atoms with E-state index < -0.39 is 37.1 Å². The van der Waals surface area contributed by atoms with Gasteiger partial charge in [-0.2, -0.15) is 0 Å². The maximum Gasteiger partial charge on any atom is 0.113 e. The van der Waals surface area contributed by atoms with Crippen LogP contribution in [0.25, 0.3) is 6.08 Å². The van der Waals surface area contributed by atoms with Gasteiger partial charge in [0.25, 0.3) is 0 Å². The van der Waals surface area contributed by atoms with Crippen molar-refractivity contribution in [3.63, 3.8) is 0 Å². The lowest BCUT2D eigenvalue weighted by molar-refractivity contribution is -0.231. The zero-order valence-corrected chi connectivity index (χ0v) is 14.0. The van der Waals surface area contributed by atoms with Gasteiger partial charge in [0.1, 0.15) is 30.5 Å². The van der Waals surface area contributed by atoms with Crippen LogP contribution in [0.5, 0.6) is 0 Å². The summed E-state index contributed by atoms with van der Waals surface area (Å²) in [5.74, 6) is 0. The van der Waals surface area contributed by atoms with E-state index in [4.69, 9.17) is 4.74 Å². The number of aliphatic hydroxyl groups is 5. The third kappa shape index (κ3) is 4.11. The van der Waals surface area contributed by atoms with E-state index >= 15 is 0 Å². The summed E-state index contributed by atoms with van der Waals surface area (Å²) in [6.45, 7) is -0.437. The van der Waals surface area contributed by atoms with Crippen molar-refractivity contribution in [2.45, 2.75) is 62.3 Å². The quantitative estimate of drug-likeness (QED) is 0.544. The lowest BCUT2D eigenvalue weighted by atomic mass is 9.89. The Morgan fingerprint density at radius 2 is 1.72 bits per heavy atom. The molecule has 1 aromatic carbocycles. The SMILES string of the molecule is OC[C@H]1O[C@@H](c2cccc(C=C3CCC(O)CC3)c2)[C@H](O)[C@@H](O)[C@@H]1O. The molecule has 0 unspecified atom stereocenters. The summed E-state index contributed by atoms with van der Waals surface area (Å²) in [7, 11) is 0. The second-order valence-electron chi connectivity index (χ2n) is 6.95. The number of ether oxygens (including phenoxy) is 1. The van der Waals surface area contributed by atoms with Crippen molar-refractivity contribution < 1.29 is 30.3 Å². The van der Waals surface area contributed by atoms with Gasteiger partial charge in [0, 0.05) is 0 Å². The Morgan fingerprint density at radius 3 is 2.40 bits per heavy atom. The Labute approximate surface area is 147 Å². The minimum atomic E-state index is -1.38. The van der Waals surface area contributed by atoms with E-state index in [0.29, 0.717) is 5.56 Å². The molecule has 1 aliphatic heterocycles. The molecule has 138 valence electrons. The van der Waals surface area contributed by atoms with Crippen LogP contribution in [0.4, 0.5) is 0 Å². The highest BCUT2D eigenvalue weighted by atomic mass is 16.5. The Bertz CT molecular complexity index is 604. The van der Waals surface area contributed by atoms with Crippen LogP contribution in [0.1, 0.15) is 42.9 Å². The van der Waals surface area contributed by atoms with Gasteiger partial charge >= 0.3 is 0 Å². The first-order valence-corrected chi connectivity index (χ1v) is 8.77. The van der Waals surface area contributed by atoms with E-state index in [1.807, 2.05) is 18.2 Å². The fourth-order valence-electron chi connectivity index (χ4n) is 3.56. The molecule has 6 heteroatoms. The summed E-state index contributed by atoms with van der Waals surface area (Å²) in [6, 6.07) is 7.47. The zero-order valence-electron chi connectivity index (χ0n) is 14.0. The molecule has 25 heavy (non-hydrogen) atoms. The lowest BCUT2D eigenvalue weighted by Gasteiger charge is -2.40. The minimum Gasteiger partial charge on any atom is -0.394 e. The highest BCUT2D eigenvalue weighted by Gasteiger charge is 2.43. The maximum absolute atomic E-state index is 10.3. The van der Waals surface area contributed by atoms with Gasteiger partial charge in [0.2, 0.25) is 0 Å². The molecule has 0 bridgehead atoms. The largest absolute Gasteiger partial charge is 0.394 e. The average molecular weight is 350 g/mol. The van der Waals surface area contributed by atoms with E-state index in [-0.39, 0.29) is 6.10 Å². The molecule has 1 aliphatic carbocycles. The van der Waals surface area contributed by atoms with Crippen LogP contribution in [0.3, 0.4) is 0 Å². The minimum absolute atomic E-state index is 0.211. The van der Waals surface area contributed by atoms with Crippen molar-refractivity contribution in [2.24, 2.45) is 0 Å². The van der Waals surface area contributed by atoms with Crippen molar-refractivity contribution in [1.82, 2.24) is 0 Å². The van der Waals surface area contributed by atoms with Gasteiger partial charge in [-0.15, -0.1) is 0 Å². The summed E-state index contributed by atoms with van der Waals surface area (Å²) in [5.41, 5.74) is 2.92. The van der Waals surface area contributed by atoms with Crippen molar-refractivity contribution in [1.29, 1.82) is 0 Å².